The molecule has 1 saturated heterocycles. The van der Waals surface area contributed by atoms with Crippen LogP contribution in [0.1, 0.15) is 53.8 Å². The van der Waals surface area contributed by atoms with Gasteiger partial charge in [0.1, 0.15) is 0 Å². The highest BCUT2D eigenvalue weighted by Gasteiger charge is 2.24. The van der Waals surface area contributed by atoms with Gasteiger partial charge in [-0.1, -0.05) is 31.2 Å². The Hall–Kier alpha value is -1.43. The molecule has 0 saturated carbocycles. The minimum Gasteiger partial charge on any atom is -0.361 e. The number of rotatable bonds is 6. The number of nitrogens with one attached hydrogen (secondary N) is 2. The zero-order chi connectivity index (χ0) is 18.6. The summed E-state index contributed by atoms with van der Waals surface area (Å²) >= 11 is 7.47. The van der Waals surface area contributed by atoms with Gasteiger partial charge in [-0.2, -0.15) is 0 Å². The van der Waals surface area contributed by atoms with Crippen LogP contribution in [-0.4, -0.2) is 35.7 Å². The van der Waals surface area contributed by atoms with E-state index in [0.29, 0.717) is 6.04 Å². The van der Waals surface area contributed by atoms with Crippen LogP contribution in [0.2, 0.25) is 0 Å². The van der Waals surface area contributed by atoms with Crippen LogP contribution in [0.5, 0.6) is 0 Å². The molecule has 5 heteroatoms. The maximum Gasteiger partial charge on any atom is 0.167 e. The van der Waals surface area contributed by atoms with E-state index >= 15 is 0 Å². The second kappa shape index (κ2) is 8.72. The number of nitrogens with zero attached hydrogens (tertiary/aromatic N) is 1. The average Bonchev–Trinajstić information content (AvgIpc) is 3.45. The van der Waals surface area contributed by atoms with Crippen molar-refractivity contribution < 1.29 is 0 Å². The molecule has 0 amide bonds. The molecule has 2 aromatic rings. The predicted molar refractivity (Wildman–Crippen MR) is 119 cm³/mol. The number of aryl methyl sites for hydroxylation is 2. The molecule has 4 rings (SSSR count). The van der Waals surface area contributed by atoms with Gasteiger partial charge in [0.2, 0.25) is 0 Å². The molecular weight excluding hydrogens is 370 g/mol. The molecule has 1 aliphatic heterocycles. The number of likely N-dealkylation sites (N-methyl/N-ethyl adjacent to an activating group) is 1. The highest BCUT2D eigenvalue weighted by atomic mass is 32.1. The molecule has 27 heavy (non-hydrogen) atoms. The molecule has 1 fully saturated rings. The monoisotopic (exact) mass is 399 g/mol. The van der Waals surface area contributed by atoms with Gasteiger partial charge in [-0.05, 0) is 85.5 Å². The fourth-order valence-corrected chi connectivity index (χ4v) is 5.48. The lowest BCUT2D eigenvalue weighted by Crippen LogP contribution is -2.44. The van der Waals surface area contributed by atoms with Crippen molar-refractivity contribution in [1.29, 1.82) is 0 Å². The van der Waals surface area contributed by atoms with Crippen molar-refractivity contribution >= 4 is 28.7 Å². The third-order valence-corrected chi connectivity index (χ3v) is 7.16. The molecule has 2 N–H and O–H groups in total. The molecular formula is C22H29N3S2. The van der Waals surface area contributed by atoms with Crippen LogP contribution < -0.4 is 10.6 Å². The van der Waals surface area contributed by atoms with Gasteiger partial charge in [-0.25, -0.2) is 0 Å². The summed E-state index contributed by atoms with van der Waals surface area (Å²) in [4.78, 5) is 3.86. The zero-order valence-electron chi connectivity index (χ0n) is 16.0. The third-order valence-electron chi connectivity index (χ3n) is 5.96. The predicted octanol–water partition coefficient (Wildman–Crippen LogP) is 4.27. The molecule has 1 aliphatic carbocycles. The van der Waals surface area contributed by atoms with Crippen molar-refractivity contribution in [3.05, 3.63) is 57.3 Å². The number of hydrogen-bond donors (Lipinski definition) is 2. The van der Waals surface area contributed by atoms with Crippen molar-refractivity contribution in [2.75, 3.05) is 19.6 Å². The lowest BCUT2D eigenvalue weighted by Gasteiger charge is -2.25. The first-order chi connectivity index (χ1) is 13.2. The smallest absolute Gasteiger partial charge is 0.167 e. The second-order valence-corrected chi connectivity index (χ2v) is 9.00. The molecule has 2 heterocycles. The van der Waals surface area contributed by atoms with Gasteiger partial charge >= 0.3 is 0 Å². The third kappa shape index (κ3) is 4.36. The van der Waals surface area contributed by atoms with Crippen LogP contribution >= 0.6 is 23.6 Å². The van der Waals surface area contributed by atoms with Crippen LogP contribution in [0.25, 0.3) is 0 Å². The van der Waals surface area contributed by atoms with Crippen molar-refractivity contribution in [2.45, 2.75) is 51.1 Å². The Labute approximate surface area is 172 Å². The fraction of sp³-hybridized carbons (Fsp3) is 0.500. The van der Waals surface area contributed by atoms with E-state index in [-0.39, 0.29) is 6.04 Å². The van der Waals surface area contributed by atoms with E-state index in [0.717, 1.165) is 18.2 Å². The van der Waals surface area contributed by atoms with Gasteiger partial charge in [-0.3, -0.25) is 4.90 Å². The number of hydrogen-bond acceptors (Lipinski definition) is 3. The lowest BCUT2D eigenvalue weighted by atomic mass is 10.00. The van der Waals surface area contributed by atoms with Gasteiger partial charge in [0.25, 0.3) is 0 Å². The molecule has 0 spiro atoms. The first-order valence-electron chi connectivity index (χ1n) is 10.2. The molecule has 2 aliphatic rings. The Bertz CT molecular complexity index is 772. The zero-order valence-corrected chi connectivity index (χ0v) is 17.7. The van der Waals surface area contributed by atoms with E-state index in [4.69, 9.17) is 12.2 Å². The fourth-order valence-electron chi connectivity index (χ4n) is 4.48. The van der Waals surface area contributed by atoms with Crippen LogP contribution in [0, 0.1) is 0 Å². The van der Waals surface area contributed by atoms with E-state index in [1.54, 1.807) is 11.3 Å². The highest BCUT2D eigenvalue weighted by molar-refractivity contribution is 7.80. The summed E-state index contributed by atoms with van der Waals surface area (Å²) in [6, 6.07) is 12.0. The first kappa shape index (κ1) is 18.9. The van der Waals surface area contributed by atoms with Crippen LogP contribution in [-0.2, 0) is 12.8 Å². The van der Waals surface area contributed by atoms with E-state index in [1.165, 1.54) is 60.2 Å². The summed E-state index contributed by atoms with van der Waals surface area (Å²) in [6.45, 7) is 5.52. The standard InChI is InChI=1S/C22H29N3S2/c1-2-25-12-4-8-19(25)15-23-22(26)24-21(20-9-5-13-27-20)18-11-10-16-6-3-7-17(16)14-18/h5,9-11,13-14,19,21H,2-4,6-8,12,15H2,1H3,(H2,23,24,26)/t19-,21-/m0/s1. The summed E-state index contributed by atoms with van der Waals surface area (Å²) in [7, 11) is 0. The maximum atomic E-state index is 5.68. The van der Waals surface area contributed by atoms with Crippen molar-refractivity contribution in [3.63, 3.8) is 0 Å². The van der Waals surface area contributed by atoms with Gasteiger partial charge in [0, 0.05) is 17.5 Å². The minimum atomic E-state index is 0.127. The molecule has 144 valence electrons. The van der Waals surface area contributed by atoms with Crippen molar-refractivity contribution in [1.82, 2.24) is 15.5 Å². The Balaban J connectivity index is 1.45. The summed E-state index contributed by atoms with van der Waals surface area (Å²) in [5.41, 5.74) is 4.35. The van der Waals surface area contributed by atoms with E-state index < -0.39 is 0 Å². The molecule has 0 bridgehead atoms. The van der Waals surface area contributed by atoms with Crippen LogP contribution in [0.4, 0.5) is 0 Å². The Kier molecular flexibility index (Phi) is 6.11. The van der Waals surface area contributed by atoms with Crippen molar-refractivity contribution in [3.8, 4) is 0 Å². The van der Waals surface area contributed by atoms with E-state index in [1.807, 2.05) is 0 Å². The van der Waals surface area contributed by atoms with Crippen molar-refractivity contribution in [2.24, 2.45) is 0 Å². The summed E-state index contributed by atoms with van der Waals surface area (Å²) in [6.07, 6.45) is 6.28. The van der Waals surface area contributed by atoms with Gasteiger partial charge in [0.15, 0.2) is 5.11 Å². The highest BCUT2D eigenvalue weighted by Crippen LogP contribution is 2.30. The van der Waals surface area contributed by atoms with E-state index in [2.05, 4.69) is 58.2 Å². The summed E-state index contributed by atoms with van der Waals surface area (Å²) < 4.78 is 0. The molecule has 1 aromatic heterocycles. The Morgan fingerprint density at radius 1 is 1.26 bits per heavy atom. The summed E-state index contributed by atoms with van der Waals surface area (Å²) in [5, 5.41) is 9.99. The molecule has 3 nitrogen and oxygen atoms in total. The number of likely N-dealkylation sites (tertiary alicyclic amines) is 1. The van der Waals surface area contributed by atoms with E-state index in [9.17, 15) is 0 Å². The van der Waals surface area contributed by atoms with Gasteiger partial charge in [0.05, 0.1) is 6.04 Å². The van der Waals surface area contributed by atoms with Crippen LogP contribution in [0.15, 0.2) is 35.7 Å². The molecule has 1 aromatic carbocycles. The Morgan fingerprint density at radius 2 is 2.15 bits per heavy atom. The molecule has 0 unspecified atom stereocenters. The topological polar surface area (TPSA) is 27.3 Å². The average molecular weight is 400 g/mol. The summed E-state index contributed by atoms with van der Waals surface area (Å²) in [5.74, 6) is 0. The van der Waals surface area contributed by atoms with Gasteiger partial charge in [-0.15, -0.1) is 11.3 Å². The van der Waals surface area contributed by atoms with Gasteiger partial charge < -0.3 is 10.6 Å². The first-order valence-corrected chi connectivity index (χ1v) is 11.5. The minimum absolute atomic E-state index is 0.127. The largest absolute Gasteiger partial charge is 0.361 e. The number of fused-ring (bicyclic) bond motifs is 1. The molecule has 0 radical (unpaired) electrons. The normalized spacial score (nSPS) is 20.4. The second-order valence-electron chi connectivity index (χ2n) is 7.61. The SMILES string of the molecule is CCN1CCC[C@H]1CNC(=S)N[C@@H](c1ccc2c(c1)CCC2)c1cccs1. The number of benzene rings is 1. The van der Waals surface area contributed by atoms with Crippen LogP contribution in [0.3, 0.4) is 0 Å². The quantitative estimate of drug-likeness (QED) is 0.709. The number of thiocarbonyl (C=S) groups is 1. The molecule has 2 atom stereocenters. The Morgan fingerprint density at radius 3 is 2.96 bits per heavy atom. The maximum absolute atomic E-state index is 5.68. The lowest BCUT2D eigenvalue weighted by molar-refractivity contribution is 0.267. The number of thiophene rings is 1.